The van der Waals surface area contributed by atoms with Crippen LogP contribution in [0.15, 0.2) is 47.6 Å². The summed E-state index contributed by atoms with van der Waals surface area (Å²) in [5.41, 5.74) is 1.93. The molecule has 6 nitrogen and oxygen atoms in total. The maximum absolute atomic E-state index is 13.9. The summed E-state index contributed by atoms with van der Waals surface area (Å²) in [6.07, 6.45) is 0. The van der Waals surface area contributed by atoms with Gasteiger partial charge in [-0.05, 0) is 49.7 Å². The average Bonchev–Trinajstić information content (AvgIpc) is 3.06. The minimum atomic E-state index is -0.452. The van der Waals surface area contributed by atoms with Crippen LogP contribution in [0.3, 0.4) is 0 Å². The van der Waals surface area contributed by atoms with Gasteiger partial charge in [0.05, 0.1) is 24.3 Å². The number of carbonyl (C=O) groups excluding carboxylic acids is 1. The molecule has 2 heterocycles. The fraction of sp³-hybridized carbons (Fsp3) is 0.333. The predicted octanol–water partition coefficient (Wildman–Crippen LogP) is 3.76. The van der Waals surface area contributed by atoms with Crippen molar-refractivity contribution >= 4 is 11.7 Å². The Labute approximate surface area is 162 Å². The molecule has 2 aliphatic rings. The lowest BCUT2D eigenvalue weighted by atomic mass is 9.86. The Morgan fingerprint density at radius 2 is 2.11 bits per heavy atom. The Bertz CT molecular complexity index is 960. The molecule has 4 rings (SSSR count). The molecule has 1 N–H and O–H groups in total. The van der Waals surface area contributed by atoms with Gasteiger partial charge in [0.1, 0.15) is 17.3 Å². The molecule has 0 saturated carbocycles. The molecule has 0 fully saturated rings. The van der Waals surface area contributed by atoms with Crippen molar-refractivity contribution in [1.29, 1.82) is 0 Å². The Balaban J connectivity index is 1.82. The average molecular weight is 383 g/mol. The summed E-state index contributed by atoms with van der Waals surface area (Å²) in [7, 11) is 1.72. The van der Waals surface area contributed by atoms with E-state index in [1.807, 2.05) is 19.9 Å². The van der Waals surface area contributed by atoms with Crippen molar-refractivity contribution in [1.82, 2.24) is 9.91 Å². The maximum atomic E-state index is 13.9. The van der Waals surface area contributed by atoms with Crippen molar-refractivity contribution in [3.8, 4) is 11.5 Å². The molecule has 28 heavy (non-hydrogen) atoms. The first kappa shape index (κ1) is 18.3. The van der Waals surface area contributed by atoms with E-state index < -0.39 is 6.04 Å². The summed E-state index contributed by atoms with van der Waals surface area (Å²) in [6, 6.07) is 10.4. The molecule has 0 aromatic heterocycles. The lowest BCUT2D eigenvalue weighted by molar-refractivity contribution is 0.125. The smallest absolute Gasteiger partial charge is 0.341 e. The largest absolute Gasteiger partial charge is 0.508 e. The number of aromatic hydroxyl groups is 1. The van der Waals surface area contributed by atoms with Crippen LogP contribution in [0.1, 0.15) is 31.0 Å². The van der Waals surface area contributed by atoms with Gasteiger partial charge in [-0.1, -0.05) is 12.1 Å². The normalized spacial score (nSPS) is 20.3. The van der Waals surface area contributed by atoms with E-state index in [9.17, 15) is 14.3 Å². The number of hydrogen-bond acceptors (Lipinski definition) is 4. The highest BCUT2D eigenvalue weighted by Crippen LogP contribution is 2.43. The number of carbonyl (C=O) groups is 1. The van der Waals surface area contributed by atoms with Gasteiger partial charge in [0.25, 0.3) is 0 Å². The number of fused-ring (bicyclic) bond motifs is 3. The number of hydrazone groups is 1. The number of urea groups is 1. The van der Waals surface area contributed by atoms with Gasteiger partial charge in [-0.15, -0.1) is 0 Å². The number of ether oxygens (including phenoxy) is 1. The highest BCUT2D eigenvalue weighted by Gasteiger charge is 2.46. The Morgan fingerprint density at radius 1 is 1.32 bits per heavy atom. The lowest BCUT2D eigenvalue weighted by Crippen LogP contribution is -2.43. The van der Waals surface area contributed by atoms with E-state index in [4.69, 9.17) is 4.74 Å². The van der Waals surface area contributed by atoms with Gasteiger partial charge in [0.2, 0.25) is 0 Å². The van der Waals surface area contributed by atoms with Crippen molar-refractivity contribution in [3.05, 3.63) is 59.4 Å². The predicted molar refractivity (Wildman–Crippen MR) is 103 cm³/mol. The van der Waals surface area contributed by atoms with Crippen LogP contribution < -0.4 is 4.74 Å². The molecule has 0 saturated heterocycles. The topological polar surface area (TPSA) is 65.4 Å². The standard InChI is InChI=1S/C21H22FN3O3/c1-12(2)24(3)21(27)25-20(13-5-4-6-15(26)9-13)17-11-28-18-8-7-14(22)10-16(18)19(17)23-25/h4-10,12,17,20,26H,11H2,1-3H3/t17-,20+/m0/s1. The van der Waals surface area contributed by atoms with E-state index in [2.05, 4.69) is 5.10 Å². The minimum absolute atomic E-state index is 0.0128. The van der Waals surface area contributed by atoms with Gasteiger partial charge >= 0.3 is 6.03 Å². The van der Waals surface area contributed by atoms with Gasteiger partial charge in [-0.3, -0.25) is 0 Å². The number of phenols is 1. The lowest BCUT2D eigenvalue weighted by Gasteiger charge is -2.32. The monoisotopic (exact) mass is 383 g/mol. The summed E-state index contributed by atoms with van der Waals surface area (Å²) in [6.45, 7) is 4.16. The van der Waals surface area contributed by atoms with Gasteiger partial charge in [-0.25, -0.2) is 14.2 Å². The summed E-state index contributed by atoms with van der Waals surface area (Å²) in [4.78, 5) is 14.7. The van der Waals surface area contributed by atoms with Gasteiger partial charge in [0, 0.05) is 18.7 Å². The Kier molecular flexibility index (Phi) is 4.45. The van der Waals surface area contributed by atoms with Gasteiger partial charge < -0.3 is 14.7 Å². The second-order valence-corrected chi connectivity index (χ2v) is 7.41. The minimum Gasteiger partial charge on any atom is -0.508 e. The molecule has 146 valence electrons. The van der Waals surface area contributed by atoms with Crippen LogP contribution in [0.4, 0.5) is 9.18 Å². The second kappa shape index (κ2) is 6.82. The van der Waals surface area contributed by atoms with E-state index in [1.165, 1.54) is 17.1 Å². The molecule has 2 atom stereocenters. The van der Waals surface area contributed by atoms with Crippen LogP contribution in [0.25, 0.3) is 0 Å². The zero-order valence-corrected chi connectivity index (χ0v) is 16.0. The van der Waals surface area contributed by atoms with E-state index >= 15 is 0 Å². The van der Waals surface area contributed by atoms with Crippen LogP contribution >= 0.6 is 0 Å². The van der Waals surface area contributed by atoms with Gasteiger partial charge in [0.15, 0.2) is 0 Å². The molecular formula is C21H22FN3O3. The summed E-state index contributed by atoms with van der Waals surface area (Å²) < 4.78 is 19.7. The van der Waals surface area contributed by atoms with Crippen LogP contribution in [-0.4, -0.2) is 46.5 Å². The van der Waals surface area contributed by atoms with Crippen molar-refractivity contribution in [3.63, 3.8) is 0 Å². The number of nitrogens with zero attached hydrogens (tertiary/aromatic N) is 3. The van der Waals surface area contributed by atoms with Crippen LogP contribution in [0.5, 0.6) is 11.5 Å². The first-order chi connectivity index (χ1) is 13.4. The fourth-order valence-corrected chi connectivity index (χ4v) is 3.63. The Morgan fingerprint density at radius 3 is 2.82 bits per heavy atom. The second-order valence-electron chi connectivity index (χ2n) is 7.41. The SMILES string of the molecule is CC(C)N(C)C(=O)N1N=C2c3cc(F)ccc3OC[C@@H]2[C@H]1c1cccc(O)c1. The zero-order valence-electron chi connectivity index (χ0n) is 16.0. The van der Waals surface area contributed by atoms with Gasteiger partial charge in [-0.2, -0.15) is 5.10 Å². The van der Waals surface area contributed by atoms with Crippen LogP contribution in [-0.2, 0) is 0 Å². The number of benzene rings is 2. The number of phenolic OH excluding ortho intramolecular Hbond substituents is 1. The zero-order chi connectivity index (χ0) is 20.0. The van der Waals surface area contributed by atoms with E-state index in [0.29, 0.717) is 23.6 Å². The molecule has 2 aromatic rings. The molecule has 0 bridgehead atoms. The van der Waals surface area contributed by atoms with E-state index in [-0.39, 0.29) is 29.6 Å². The summed E-state index contributed by atoms with van der Waals surface area (Å²) in [5, 5.41) is 16.0. The molecule has 7 heteroatoms. The quantitative estimate of drug-likeness (QED) is 0.859. The molecule has 2 amide bonds. The number of halogens is 1. The molecule has 0 aliphatic carbocycles. The van der Waals surface area contributed by atoms with Crippen LogP contribution in [0.2, 0.25) is 0 Å². The maximum Gasteiger partial charge on any atom is 0.341 e. The molecule has 0 unspecified atom stereocenters. The van der Waals surface area contributed by atoms with Crippen LogP contribution in [0, 0.1) is 11.7 Å². The van der Waals surface area contributed by atoms with Crippen molar-refractivity contribution in [2.45, 2.75) is 25.9 Å². The molecular weight excluding hydrogens is 361 g/mol. The van der Waals surface area contributed by atoms with E-state index in [1.54, 1.807) is 36.2 Å². The first-order valence-electron chi connectivity index (χ1n) is 9.23. The third-order valence-corrected chi connectivity index (χ3v) is 5.33. The summed E-state index contributed by atoms with van der Waals surface area (Å²) in [5.74, 6) is 0.0144. The fourth-order valence-electron chi connectivity index (χ4n) is 3.63. The Hall–Kier alpha value is -3.09. The molecule has 2 aliphatic heterocycles. The molecule has 2 aromatic carbocycles. The van der Waals surface area contributed by atoms with E-state index in [0.717, 1.165) is 5.56 Å². The molecule has 0 radical (unpaired) electrons. The third kappa shape index (κ3) is 2.96. The van der Waals surface area contributed by atoms with Crippen molar-refractivity contribution < 1.29 is 19.0 Å². The molecule has 0 spiro atoms. The van der Waals surface area contributed by atoms with Crippen molar-refractivity contribution in [2.24, 2.45) is 11.0 Å². The number of amides is 2. The number of hydrogen-bond donors (Lipinski definition) is 1. The summed E-state index contributed by atoms with van der Waals surface area (Å²) >= 11 is 0. The first-order valence-corrected chi connectivity index (χ1v) is 9.23. The highest BCUT2D eigenvalue weighted by molar-refractivity contribution is 6.07. The third-order valence-electron chi connectivity index (χ3n) is 5.33. The van der Waals surface area contributed by atoms with Crippen molar-refractivity contribution in [2.75, 3.05) is 13.7 Å². The number of rotatable bonds is 2. The highest BCUT2D eigenvalue weighted by atomic mass is 19.1.